The van der Waals surface area contributed by atoms with Crippen LogP contribution in [0.5, 0.6) is 0 Å². The van der Waals surface area contributed by atoms with Crippen LogP contribution in [0.4, 0.5) is 5.82 Å². The van der Waals surface area contributed by atoms with Crippen LogP contribution >= 0.6 is 0 Å². The van der Waals surface area contributed by atoms with E-state index in [1.165, 1.54) is 0 Å². The number of rotatable bonds is 5. The Morgan fingerprint density at radius 1 is 1.10 bits per heavy atom. The second kappa shape index (κ2) is 9.33. The number of nitrogens with zero attached hydrogens (tertiary/aromatic N) is 5. The van der Waals surface area contributed by atoms with Crippen LogP contribution in [0.3, 0.4) is 0 Å². The van der Waals surface area contributed by atoms with E-state index in [-0.39, 0.29) is 12.5 Å². The number of amides is 1. The fourth-order valence-corrected chi connectivity index (χ4v) is 3.67. The van der Waals surface area contributed by atoms with Crippen LogP contribution in [0, 0.1) is 12.3 Å². The quantitative estimate of drug-likeness (QED) is 0.660. The zero-order valence-electron chi connectivity index (χ0n) is 16.8. The minimum atomic E-state index is -0.0345. The monoisotopic (exact) mass is 400 g/mol. The van der Waals surface area contributed by atoms with Gasteiger partial charge in [-0.25, -0.2) is 9.97 Å². The number of benzene rings is 1. The Morgan fingerprint density at radius 3 is 2.83 bits per heavy atom. The highest BCUT2D eigenvalue weighted by atomic mass is 16.2. The molecule has 1 aromatic carbocycles. The molecule has 3 heterocycles. The van der Waals surface area contributed by atoms with Gasteiger partial charge in [-0.2, -0.15) is 0 Å². The summed E-state index contributed by atoms with van der Waals surface area (Å²) >= 11 is 0. The molecule has 3 aromatic rings. The molecule has 7 nitrogen and oxygen atoms in total. The van der Waals surface area contributed by atoms with Crippen LogP contribution < -0.4 is 10.2 Å². The van der Waals surface area contributed by atoms with Crippen molar-refractivity contribution < 1.29 is 4.79 Å². The lowest BCUT2D eigenvalue weighted by molar-refractivity contribution is -0.121. The second-order valence-electron chi connectivity index (χ2n) is 7.23. The highest BCUT2D eigenvalue weighted by molar-refractivity contribution is 5.91. The summed E-state index contributed by atoms with van der Waals surface area (Å²) in [7, 11) is 0. The lowest BCUT2D eigenvalue weighted by Gasteiger charge is -2.24. The largest absolute Gasteiger partial charge is 0.355 e. The van der Waals surface area contributed by atoms with Crippen LogP contribution in [0.25, 0.3) is 22.3 Å². The zero-order chi connectivity index (χ0) is 20.8. The summed E-state index contributed by atoms with van der Waals surface area (Å²) in [5.41, 5.74) is 1.81. The highest BCUT2D eigenvalue weighted by Gasteiger charge is 2.20. The summed E-state index contributed by atoms with van der Waals surface area (Å²) in [6.07, 6.45) is 9.69. The first-order valence-electron chi connectivity index (χ1n) is 10.1. The van der Waals surface area contributed by atoms with Crippen molar-refractivity contribution in [3.63, 3.8) is 0 Å². The van der Waals surface area contributed by atoms with E-state index in [9.17, 15) is 4.79 Å². The molecular weight excluding hydrogens is 376 g/mol. The third-order valence-electron chi connectivity index (χ3n) is 5.15. The number of hydrogen-bond donors (Lipinski definition) is 1. The molecule has 30 heavy (non-hydrogen) atoms. The van der Waals surface area contributed by atoms with Gasteiger partial charge < -0.3 is 10.2 Å². The third-order valence-corrected chi connectivity index (χ3v) is 5.15. The lowest BCUT2D eigenvalue weighted by Crippen LogP contribution is -2.39. The predicted molar refractivity (Wildman–Crippen MR) is 118 cm³/mol. The van der Waals surface area contributed by atoms with Crippen molar-refractivity contribution in [2.75, 3.05) is 44.2 Å². The number of anilines is 1. The smallest absolute Gasteiger partial charge is 0.234 e. The maximum Gasteiger partial charge on any atom is 0.234 e. The summed E-state index contributed by atoms with van der Waals surface area (Å²) in [4.78, 5) is 30.4. The highest BCUT2D eigenvalue weighted by Crippen LogP contribution is 2.28. The molecule has 1 saturated heterocycles. The fraction of sp³-hybridized carbons (Fsp3) is 0.304. The van der Waals surface area contributed by atoms with E-state index >= 15 is 0 Å². The van der Waals surface area contributed by atoms with Crippen LogP contribution in [0.15, 0.2) is 48.8 Å². The molecule has 0 bridgehead atoms. The number of pyridine rings is 1. The zero-order valence-corrected chi connectivity index (χ0v) is 16.8. The number of carbonyl (C=O) groups excluding carboxylic acids is 1. The van der Waals surface area contributed by atoms with Crippen LogP contribution in [-0.2, 0) is 4.79 Å². The Kier molecular flexibility index (Phi) is 6.16. The van der Waals surface area contributed by atoms with Crippen molar-refractivity contribution in [1.82, 2.24) is 25.2 Å². The molecule has 152 valence electrons. The van der Waals surface area contributed by atoms with E-state index in [1.807, 2.05) is 30.3 Å². The molecule has 0 aliphatic carbocycles. The molecule has 1 aliphatic heterocycles. The van der Waals surface area contributed by atoms with Crippen molar-refractivity contribution in [2.45, 2.75) is 6.42 Å². The average Bonchev–Trinajstić information content (AvgIpc) is 3.03. The van der Waals surface area contributed by atoms with Gasteiger partial charge >= 0.3 is 0 Å². The molecule has 0 saturated carbocycles. The Labute approximate surface area is 176 Å². The van der Waals surface area contributed by atoms with Gasteiger partial charge in [-0.3, -0.25) is 14.7 Å². The van der Waals surface area contributed by atoms with Gasteiger partial charge in [0.15, 0.2) is 5.82 Å². The minimum Gasteiger partial charge on any atom is -0.355 e. The van der Waals surface area contributed by atoms with Gasteiger partial charge in [0.2, 0.25) is 5.91 Å². The lowest BCUT2D eigenvalue weighted by atomic mass is 10.2. The first-order chi connectivity index (χ1) is 14.7. The van der Waals surface area contributed by atoms with E-state index in [0.29, 0.717) is 12.4 Å². The third kappa shape index (κ3) is 4.56. The number of para-hydroxylation sites is 1. The fourth-order valence-electron chi connectivity index (χ4n) is 3.67. The second-order valence-corrected chi connectivity index (χ2v) is 7.23. The summed E-state index contributed by atoms with van der Waals surface area (Å²) in [5, 5.41) is 3.77. The molecule has 1 fully saturated rings. The molecule has 0 unspecified atom stereocenters. The predicted octanol–water partition coefficient (Wildman–Crippen LogP) is 1.95. The number of fused-ring (bicyclic) bond motifs is 1. The average molecular weight is 400 g/mol. The molecule has 4 rings (SSSR count). The molecular formula is C23H24N6O. The summed E-state index contributed by atoms with van der Waals surface area (Å²) in [6.45, 7) is 3.93. The molecule has 0 spiro atoms. The van der Waals surface area contributed by atoms with Gasteiger partial charge in [-0.15, -0.1) is 6.42 Å². The van der Waals surface area contributed by atoms with E-state index in [2.05, 4.69) is 32.1 Å². The van der Waals surface area contributed by atoms with Crippen molar-refractivity contribution in [3.8, 4) is 23.7 Å². The first kappa shape index (κ1) is 19.8. The summed E-state index contributed by atoms with van der Waals surface area (Å²) < 4.78 is 0. The Morgan fingerprint density at radius 2 is 2.00 bits per heavy atom. The Bertz CT molecular complexity index is 1060. The summed E-state index contributed by atoms with van der Waals surface area (Å²) in [6, 6.07) is 11.9. The van der Waals surface area contributed by atoms with E-state index < -0.39 is 0 Å². The number of carbonyl (C=O) groups is 1. The molecule has 2 aromatic heterocycles. The van der Waals surface area contributed by atoms with Crippen molar-refractivity contribution in [1.29, 1.82) is 0 Å². The standard InChI is InChI=1S/C23H24N6O/c1-2-10-25-21(30)17-28-12-6-13-29(15-14-28)23-19-8-3-4-9-20(19)26-22(27-23)18-7-5-11-24-16-18/h1,3-5,7-9,11,16H,6,10,12-15,17H2,(H,25,30). The van der Waals surface area contributed by atoms with Gasteiger partial charge in [-0.1, -0.05) is 18.1 Å². The van der Waals surface area contributed by atoms with Gasteiger partial charge in [-0.05, 0) is 30.7 Å². The van der Waals surface area contributed by atoms with E-state index in [0.717, 1.165) is 54.9 Å². The molecule has 0 atom stereocenters. The van der Waals surface area contributed by atoms with Crippen LogP contribution in [0.2, 0.25) is 0 Å². The van der Waals surface area contributed by atoms with Gasteiger partial charge in [0.25, 0.3) is 0 Å². The van der Waals surface area contributed by atoms with Crippen LogP contribution in [-0.4, -0.2) is 65.0 Å². The molecule has 1 N–H and O–H groups in total. The molecule has 0 radical (unpaired) electrons. The van der Waals surface area contributed by atoms with E-state index in [4.69, 9.17) is 16.4 Å². The van der Waals surface area contributed by atoms with Gasteiger partial charge in [0.05, 0.1) is 18.6 Å². The van der Waals surface area contributed by atoms with E-state index in [1.54, 1.807) is 12.4 Å². The number of hydrogen-bond acceptors (Lipinski definition) is 6. The Hall–Kier alpha value is -3.50. The molecule has 7 heteroatoms. The van der Waals surface area contributed by atoms with Crippen molar-refractivity contribution in [2.24, 2.45) is 0 Å². The maximum absolute atomic E-state index is 12.0. The molecule has 1 aliphatic rings. The first-order valence-corrected chi connectivity index (χ1v) is 10.1. The molecule has 1 amide bonds. The summed E-state index contributed by atoms with van der Waals surface area (Å²) in [5.74, 6) is 4.00. The normalized spacial score (nSPS) is 14.8. The van der Waals surface area contributed by atoms with Gasteiger partial charge in [0.1, 0.15) is 5.82 Å². The SMILES string of the molecule is C#CCNC(=O)CN1CCCN(c2nc(-c3cccnc3)nc3ccccc23)CC1. The number of aromatic nitrogens is 3. The maximum atomic E-state index is 12.0. The minimum absolute atomic E-state index is 0.0345. The number of terminal acetylenes is 1. The van der Waals surface area contributed by atoms with Gasteiger partial charge in [0, 0.05) is 49.5 Å². The van der Waals surface area contributed by atoms with Crippen molar-refractivity contribution in [3.05, 3.63) is 48.8 Å². The number of nitrogens with one attached hydrogen (secondary N) is 1. The van der Waals surface area contributed by atoms with Crippen molar-refractivity contribution >= 4 is 22.6 Å². The topological polar surface area (TPSA) is 74.2 Å². The Balaban J connectivity index is 1.58. The van der Waals surface area contributed by atoms with Crippen LogP contribution in [0.1, 0.15) is 6.42 Å².